The maximum atomic E-state index is 12.5. The van der Waals surface area contributed by atoms with Crippen molar-refractivity contribution in [2.45, 2.75) is 38.1 Å². The Morgan fingerprint density at radius 1 is 1.26 bits per heavy atom. The fourth-order valence-electron chi connectivity index (χ4n) is 2.50. The van der Waals surface area contributed by atoms with E-state index < -0.39 is 5.25 Å². The average molecular weight is 406 g/mol. The molecule has 1 unspecified atom stereocenters. The summed E-state index contributed by atoms with van der Waals surface area (Å²) >= 11 is 7.22. The molecule has 8 nitrogen and oxygen atoms in total. The number of aryl methyl sites for hydroxylation is 3. The van der Waals surface area contributed by atoms with Crippen LogP contribution in [0.25, 0.3) is 5.95 Å². The van der Waals surface area contributed by atoms with E-state index in [-0.39, 0.29) is 5.91 Å². The molecule has 0 aliphatic rings. The molecule has 10 heteroatoms. The highest BCUT2D eigenvalue weighted by Crippen LogP contribution is 2.25. The average Bonchev–Trinajstić information content (AvgIpc) is 3.12. The molecule has 0 radical (unpaired) electrons. The van der Waals surface area contributed by atoms with Gasteiger partial charge in [-0.3, -0.25) is 4.79 Å². The van der Waals surface area contributed by atoms with Gasteiger partial charge in [0.15, 0.2) is 0 Å². The van der Waals surface area contributed by atoms with E-state index in [1.165, 1.54) is 16.4 Å². The maximum absolute atomic E-state index is 12.5. The number of benzene rings is 1. The van der Waals surface area contributed by atoms with Gasteiger partial charge >= 0.3 is 0 Å². The highest BCUT2D eigenvalue weighted by Gasteiger charge is 2.21. The summed E-state index contributed by atoms with van der Waals surface area (Å²) in [6, 6.07) is 7.28. The first-order valence-electron chi connectivity index (χ1n) is 8.24. The number of halogens is 1. The first kappa shape index (κ1) is 19.2. The molecule has 0 aliphatic carbocycles. The molecule has 142 valence electrons. The second-order valence-electron chi connectivity index (χ2n) is 6.20. The van der Waals surface area contributed by atoms with Gasteiger partial charge in [0.25, 0.3) is 5.95 Å². The van der Waals surface area contributed by atoms with Crippen LogP contribution in [0, 0.1) is 20.8 Å². The van der Waals surface area contributed by atoms with Crippen LogP contribution >= 0.6 is 23.4 Å². The van der Waals surface area contributed by atoms with Crippen LogP contribution in [-0.2, 0) is 4.79 Å². The Labute approximate surface area is 166 Å². The van der Waals surface area contributed by atoms with Crippen molar-refractivity contribution in [1.82, 2.24) is 24.7 Å². The van der Waals surface area contributed by atoms with E-state index in [1.807, 2.05) is 32.9 Å². The second-order valence-corrected chi connectivity index (χ2v) is 7.94. The first-order chi connectivity index (χ1) is 12.8. The predicted octanol–water partition coefficient (Wildman–Crippen LogP) is 2.88. The summed E-state index contributed by atoms with van der Waals surface area (Å²) in [5, 5.41) is 16.0. The van der Waals surface area contributed by atoms with Crippen LogP contribution in [0.4, 0.5) is 5.69 Å². The molecule has 3 N–H and O–H groups in total. The van der Waals surface area contributed by atoms with Crippen molar-refractivity contribution < 1.29 is 4.79 Å². The number of carbonyl (C=O) groups is 1. The number of aromatic nitrogens is 5. The summed E-state index contributed by atoms with van der Waals surface area (Å²) in [6.07, 6.45) is 0. The topological polar surface area (TPSA) is 104 Å². The van der Waals surface area contributed by atoms with Gasteiger partial charge in [-0.05, 0) is 51.5 Å². The zero-order valence-corrected chi connectivity index (χ0v) is 17.0. The Morgan fingerprint density at radius 3 is 2.67 bits per heavy atom. The molecule has 0 saturated heterocycles. The number of nitrogen functional groups attached to an aromatic ring is 1. The van der Waals surface area contributed by atoms with Gasteiger partial charge in [-0.25, -0.2) is 9.36 Å². The maximum Gasteiger partial charge on any atom is 0.271 e. The fourth-order valence-corrected chi connectivity index (χ4v) is 3.44. The lowest BCUT2D eigenvalue weighted by atomic mass is 10.2. The summed E-state index contributed by atoms with van der Waals surface area (Å²) in [5.41, 5.74) is 3.36. The molecule has 1 amide bonds. The molecule has 0 spiro atoms. The number of hydrogen-bond donors (Lipinski definition) is 2. The molecule has 0 aliphatic heterocycles. The number of nitrogens with zero attached hydrogens (tertiary/aromatic N) is 5. The van der Waals surface area contributed by atoms with Crippen molar-refractivity contribution >= 4 is 35.0 Å². The van der Waals surface area contributed by atoms with E-state index >= 15 is 0 Å². The largest absolute Gasteiger partial charge is 0.334 e. The molecule has 27 heavy (non-hydrogen) atoms. The molecule has 2 heterocycles. The van der Waals surface area contributed by atoms with Gasteiger partial charge in [-0.15, -0.1) is 10.2 Å². The van der Waals surface area contributed by atoms with Gasteiger partial charge in [-0.2, -0.15) is 5.10 Å². The molecular weight excluding hydrogens is 386 g/mol. The monoisotopic (exact) mass is 405 g/mol. The number of carbonyl (C=O) groups excluding carboxylic acids is 1. The lowest BCUT2D eigenvalue weighted by Crippen LogP contribution is -2.24. The smallest absolute Gasteiger partial charge is 0.271 e. The van der Waals surface area contributed by atoms with Crippen molar-refractivity contribution in [2.24, 2.45) is 0 Å². The molecule has 1 atom stereocenters. The normalized spacial score (nSPS) is 12.2. The van der Waals surface area contributed by atoms with Crippen molar-refractivity contribution in [3.8, 4) is 5.95 Å². The first-order valence-corrected chi connectivity index (χ1v) is 9.50. The van der Waals surface area contributed by atoms with E-state index in [0.29, 0.717) is 21.8 Å². The zero-order valence-electron chi connectivity index (χ0n) is 15.4. The minimum Gasteiger partial charge on any atom is -0.334 e. The quantitative estimate of drug-likeness (QED) is 0.499. The van der Waals surface area contributed by atoms with Crippen LogP contribution in [0.2, 0.25) is 5.02 Å². The number of amides is 1. The summed E-state index contributed by atoms with van der Waals surface area (Å²) in [5.74, 6) is 6.33. The minimum absolute atomic E-state index is 0.180. The molecule has 0 saturated carbocycles. The lowest BCUT2D eigenvalue weighted by molar-refractivity contribution is -0.115. The van der Waals surface area contributed by atoms with E-state index in [0.717, 1.165) is 17.0 Å². The number of anilines is 1. The van der Waals surface area contributed by atoms with Crippen molar-refractivity contribution in [3.63, 3.8) is 0 Å². The van der Waals surface area contributed by atoms with E-state index in [1.54, 1.807) is 23.7 Å². The van der Waals surface area contributed by atoms with E-state index in [2.05, 4.69) is 20.6 Å². The van der Waals surface area contributed by atoms with Gasteiger partial charge in [-0.1, -0.05) is 29.4 Å². The van der Waals surface area contributed by atoms with Crippen LogP contribution in [0.5, 0.6) is 0 Å². The molecule has 3 rings (SSSR count). The highest BCUT2D eigenvalue weighted by molar-refractivity contribution is 8.00. The SMILES string of the molecule is Cc1cc(C)n(-c2nnc(SC(C)C(=O)Nc3cc(Cl)ccc3C)n2N)n1. The van der Waals surface area contributed by atoms with Crippen molar-refractivity contribution in [3.05, 3.63) is 46.2 Å². The zero-order chi connectivity index (χ0) is 19.7. The molecular formula is C17H20ClN7OS. The third-order valence-corrected chi connectivity index (χ3v) is 5.25. The highest BCUT2D eigenvalue weighted by atomic mass is 35.5. The Bertz CT molecular complexity index is 997. The number of hydrogen-bond acceptors (Lipinski definition) is 6. The lowest BCUT2D eigenvalue weighted by Gasteiger charge is -2.13. The number of nitrogens with one attached hydrogen (secondary N) is 1. The second kappa shape index (κ2) is 7.61. The predicted molar refractivity (Wildman–Crippen MR) is 107 cm³/mol. The number of nitrogens with two attached hydrogens (primary N) is 1. The summed E-state index contributed by atoms with van der Waals surface area (Å²) in [6.45, 7) is 7.48. The van der Waals surface area contributed by atoms with Crippen LogP contribution in [-0.4, -0.2) is 35.8 Å². The molecule has 1 aromatic carbocycles. The van der Waals surface area contributed by atoms with E-state index in [9.17, 15) is 4.79 Å². The molecule has 3 aromatic rings. The third kappa shape index (κ3) is 4.09. The van der Waals surface area contributed by atoms with Crippen LogP contribution in [0.3, 0.4) is 0 Å². The van der Waals surface area contributed by atoms with E-state index in [4.69, 9.17) is 17.4 Å². The van der Waals surface area contributed by atoms with Crippen LogP contribution < -0.4 is 11.2 Å². The number of thioether (sulfide) groups is 1. The standard InChI is InChI=1S/C17H20ClN7OS/c1-9-5-6-13(18)8-14(9)20-15(26)12(4)27-17-22-21-16(24(17)19)25-11(3)7-10(2)23-25/h5-8,12H,19H2,1-4H3,(H,20,26). The Morgan fingerprint density at radius 2 is 2.00 bits per heavy atom. The van der Waals surface area contributed by atoms with Gasteiger partial charge in [0, 0.05) is 16.4 Å². The van der Waals surface area contributed by atoms with Crippen LogP contribution in [0.15, 0.2) is 29.4 Å². The third-order valence-electron chi connectivity index (χ3n) is 3.95. The van der Waals surface area contributed by atoms with Gasteiger partial charge < -0.3 is 11.2 Å². The fraction of sp³-hybridized carbons (Fsp3) is 0.294. The Kier molecular flexibility index (Phi) is 5.43. The number of rotatable bonds is 5. The molecule has 2 aromatic heterocycles. The summed E-state index contributed by atoms with van der Waals surface area (Å²) in [4.78, 5) is 12.5. The molecule has 0 bridgehead atoms. The summed E-state index contributed by atoms with van der Waals surface area (Å²) in [7, 11) is 0. The Balaban J connectivity index is 1.74. The minimum atomic E-state index is -0.441. The van der Waals surface area contributed by atoms with Gasteiger partial charge in [0.05, 0.1) is 10.9 Å². The molecule has 0 fully saturated rings. The van der Waals surface area contributed by atoms with Crippen molar-refractivity contribution in [1.29, 1.82) is 0 Å². The van der Waals surface area contributed by atoms with Crippen molar-refractivity contribution in [2.75, 3.05) is 11.2 Å². The van der Waals surface area contributed by atoms with Gasteiger partial charge in [0.2, 0.25) is 11.1 Å². The van der Waals surface area contributed by atoms with Crippen LogP contribution in [0.1, 0.15) is 23.9 Å². The summed E-state index contributed by atoms with van der Waals surface area (Å²) < 4.78 is 2.95. The Hall–Kier alpha value is -2.52. The van der Waals surface area contributed by atoms with Gasteiger partial charge in [0.1, 0.15) is 0 Å².